The zero-order valence-electron chi connectivity index (χ0n) is 8.94. The highest BCUT2D eigenvalue weighted by molar-refractivity contribution is 9.10. The molecule has 0 amide bonds. The Balaban J connectivity index is 2.24. The van der Waals surface area contributed by atoms with Crippen molar-refractivity contribution in [3.05, 3.63) is 15.9 Å². The van der Waals surface area contributed by atoms with Gasteiger partial charge in [0.05, 0.1) is 0 Å². The number of carboxylic acid groups (broad SMARTS) is 1. The van der Waals surface area contributed by atoms with Gasteiger partial charge in [0.25, 0.3) is 0 Å². The second-order valence-electron chi connectivity index (χ2n) is 4.10. The van der Waals surface area contributed by atoms with Crippen LogP contribution < -0.4 is 0 Å². The Morgan fingerprint density at radius 3 is 2.75 bits per heavy atom. The lowest BCUT2D eigenvalue weighted by Gasteiger charge is -2.27. The number of piperidine rings is 1. The van der Waals surface area contributed by atoms with E-state index in [9.17, 15) is 4.79 Å². The summed E-state index contributed by atoms with van der Waals surface area (Å²) in [7, 11) is 2.06. The number of carbonyl (C=O) groups is 1. The van der Waals surface area contributed by atoms with Crippen molar-refractivity contribution in [3.63, 3.8) is 0 Å². The first-order valence-corrected chi connectivity index (χ1v) is 5.95. The van der Waals surface area contributed by atoms with Gasteiger partial charge >= 0.3 is 5.97 Å². The summed E-state index contributed by atoms with van der Waals surface area (Å²) in [6, 6.07) is 0. The zero-order chi connectivity index (χ0) is 11.7. The Morgan fingerprint density at radius 2 is 2.19 bits per heavy atom. The maximum atomic E-state index is 11.1. The number of halogens is 1. The molecule has 1 saturated heterocycles. The van der Waals surface area contributed by atoms with Crippen molar-refractivity contribution in [2.24, 2.45) is 0 Å². The van der Waals surface area contributed by atoms with Crippen LogP contribution in [-0.4, -0.2) is 41.3 Å². The van der Waals surface area contributed by atoms with Crippen LogP contribution in [0.15, 0.2) is 9.13 Å². The fourth-order valence-electron chi connectivity index (χ4n) is 2.03. The summed E-state index contributed by atoms with van der Waals surface area (Å²) in [6.45, 7) is 1.92. The third kappa shape index (κ3) is 2.12. The van der Waals surface area contributed by atoms with Crippen molar-refractivity contribution in [2.45, 2.75) is 18.8 Å². The molecule has 0 spiro atoms. The number of aromatic nitrogens is 1. The molecule has 1 aromatic rings. The molecule has 0 aromatic carbocycles. The minimum Gasteiger partial charge on any atom is -0.477 e. The third-order valence-corrected chi connectivity index (χ3v) is 3.52. The molecule has 2 heterocycles. The predicted molar refractivity (Wildman–Crippen MR) is 60.6 cm³/mol. The molecule has 1 N–H and O–H groups in total. The molecule has 16 heavy (non-hydrogen) atoms. The van der Waals surface area contributed by atoms with Gasteiger partial charge in [0.2, 0.25) is 0 Å². The number of hydrogen-bond acceptors (Lipinski definition) is 4. The molecule has 88 valence electrons. The van der Waals surface area contributed by atoms with E-state index in [0.29, 0.717) is 5.76 Å². The fraction of sp³-hybridized carbons (Fsp3) is 0.600. The molecule has 6 heteroatoms. The van der Waals surface area contributed by atoms with Crippen molar-refractivity contribution in [3.8, 4) is 0 Å². The minimum atomic E-state index is -0.984. The van der Waals surface area contributed by atoms with E-state index >= 15 is 0 Å². The van der Waals surface area contributed by atoms with Gasteiger partial charge in [-0.3, -0.25) is 0 Å². The number of rotatable bonds is 2. The van der Waals surface area contributed by atoms with Gasteiger partial charge in [0, 0.05) is 5.92 Å². The summed E-state index contributed by atoms with van der Waals surface area (Å²) in [4.78, 5) is 13.3. The van der Waals surface area contributed by atoms with Gasteiger partial charge < -0.3 is 14.5 Å². The van der Waals surface area contributed by atoms with E-state index < -0.39 is 5.97 Å². The smallest absolute Gasteiger partial charge is 0.342 e. The van der Waals surface area contributed by atoms with Crippen LogP contribution >= 0.6 is 15.9 Å². The minimum absolute atomic E-state index is 0.168. The van der Waals surface area contributed by atoms with Crippen molar-refractivity contribution in [1.82, 2.24) is 10.1 Å². The summed E-state index contributed by atoms with van der Waals surface area (Å²) in [5, 5.41) is 12.8. The molecule has 1 aliphatic rings. The van der Waals surface area contributed by atoms with Crippen molar-refractivity contribution >= 4 is 21.9 Å². The lowest BCUT2D eigenvalue weighted by molar-refractivity contribution is 0.0691. The van der Waals surface area contributed by atoms with Gasteiger partial charge in [-0.05, 0) is 48.9 Å². The molecule has 0 atom stereocenters. The maximum absolute atomic E-state index is 11.1. The summed E-state index contributed by atoms with van der Waals surface area (Å²) in [5.74, 6) is -0.310. The van der Waals surface area contributed by atoms with E-state index in [4.69, 9.17) is 9.63 Å². The van der Waals surface area contributed by atoms with Crippen LogP contribution in [0, 0.1) is 0 Å². The fourth-order valence-corrected chi connectivity index (χ4v) is 2.46. The monoisotopic (exact) mass is 288 g/mol. The van der Waals surface area contributed by atoms with E-state index in [1.54, 1.807) is 0 Å². The van der Waals surface area contributed by atoms with Crippen molar-refractivity contribution in [1.29, 1.82) is 0 Å². The van der Waals surface area contributed by atoms with Crippen molar-refractivity contribution in [2.75, 3.05) is 20.1 Å². The number of hydrogen-bond donors (Lipinski definition) is 1. The molecule has 0 aliphatic carbocycles. The molecule has 0 saturated carbocycles. The summed E-state index contributed by atoms with van der Waals surface area (Å²) in [6.07, 6.45) is 1.83. The normalized spacial score (nSPS) is 18.9. The van der Waals surface area contributed by atoms with E-state index in [1.165, 1.54) is 0 Å². The summed E-state index contributed by atoms with van der Waals surface area (Å²) < 4.78 is 5.42. The van der Waals surface area contributed by atoms with Crippen LogP contribution in [0.3, 0.4) is 0 Å². The van der Waals surface area contributed by atoms with Crippen LogP contribution in [0.2, 0.25) is 0 Å². The highest BCUT2D eigenvalue weighted by Crippen LogP contribution is 2.33. The highest BCUT2D eigenvalue weighted by atomic mass is 79.9. The lowest BCUT2D eigenvalue weighted by Crippen LogP contribution is -2.29. The molecule has 1 aliphatic heterocycles. The molecular weight excluding hydrogens is 276 g/mol. The van der Waals surface area contributed by atoms with Gasteiger partial charge in [0.15, 0.2) is 10.4 Å². The second-order valence-corrected chi connectivity index (χ2v) is 4.85. The Morgan fingerprint density at radius 1 is 1.56 bits per heavy atom. The number of aromatic carboxylic acids is 1. The van der Waals surface area contributed by atoms with Gasteiger partial charge in [-0.25, -0.2) is 4.79 Å². The van der Waals surface area contributed by atoms with E-state index in [-0.39, 0.29) is 16.1 Å². The van der Waals surface area contributed by atoms with E-state index in [0.717, 1.165) is 25.9 Å². The zero-order valence-corrected chi connectivity index (χ0v) is 10.5. The summed E-state index contributed by atoms with van der Waals surface area (Å²) >= 11 is 3.10. The average molecular weight is 289 g/mol. The molecule has 0 bridgehead atoms. The van der Waals surface area contributed by atoms with Gasteiger partial charge in [0.1, 0.15) is 5.56 Å². The molecule has 0 radical (unpaired) electrons. The molecule has 5 nitrogen and oxygen atoms in total. The van der Waals surface area contributed by atoms with E-state index in [1.807, 2.05) is 0 Å². The van der Waals surface area contributed by atoms with Crippen molar-refractivity contribution < 1.29 is 14.4 Å². The Bertz CT molecular complexity index is 397. The van der Waals surface area contributed by atoms with E-state index in [2.05, 4.69) is 33.0 Å². The molecule has 2 rings (SSSR count). The first kappa shape index (κ1) is 11.6. The molecule has 1 aromatic heterocycles. The maximum Gasteiger partial charge on any atom is 0.342 e. The van der Waals surface area contributed by atoms with Crippen LogP contribution in [0.5, 0.6) is 0 Å². The average Bonchev–Trinajstić information content (AvgIpc) is 2.61. The Kier molecular flexibility index (Phi) is 3.30. The topological polar surface area (TPSA) is 66.6 Å². The van der Waals surface area contributed by atoms with Gasteiger partial charge in [-0.2, -0.15) is 0 Å². The quantitative estimate of drug-likeness (QED) is 0.901. The van der Waals surface area contributed by atoms with Gasteiger partial charge in [-0.15, -0.1) is 0 Å². The first-order chi connectivity index (χ1) is 7.59. The SMILES string of the molecule is CN1CCC(c2onc(Br)c2C(=O)O)CC1. The molecular formula is C10H13BrN2O3. The van der Waals surface area contributed by atoms with Gasteiger partial charge in [-0.1, -0.05) is 5.16 Å². The Labute approximate surface area is 102 Å². The lowest BCUT2D eigenvalue weighted by atomic mass is 9.92. The van der Waals surface area contributed by atoms with Crippen LogP contribution in [0.4, 0.5) is 0 Å². The number of nitrogens with zero attached hydrogens (tertiary/aromatic N) is 2. The third-order valence-electron chi connectivity index (χ3n) is 2.98. The highest BCUT2D eigenvalue weighted by Gasteiger charge is 2.29. The standard InChI is InChI=1S/C10H13BrN2O3/c1-13-4-2-6(3-5-13)8-7(10(14)15)9(11)12-16-8/h6H,2-5H2,1H3,(H,14,15). The second kappa shape index (κ2) is 4.55. The van der Waals surface area contributed by atoms with Crippen LogP contribution in [-0.2, 0) is 0 Å². The summed E-state index contributed by atoms with van der Waals surface area (Å²) in [5.41, 5.74) is 0.176. The molecule has 0 unspecified atom stereocenters. The first-order valence-electron chi connectivity index (χ1n) is 5.16. The number of likely N-dealkylation sites (tertiary alicyclic amines) is 1. The predicted octanol–water partition coefficient (Wildman–Crippen LogP) is 1.94. The number of carboxylic acids is 1. The molecule has 1 fully saturated rings. The van der Waals surface area contributed by atoms with Crippen LogP contribution in [0.1, 0.15) is 34.9 Å². The van der Waals surface area contributed by atoms with Crippen LogP contribution in [0.25, 0.3) is 0 Å². The largest absolute Gasteiger partial charge is 0.477 e. The Hall–Kier alpha value is -0.880.